The first-order valence-corrected chi connectivity index (χ1v) is 10.8. The number of benzene rings is 1. The molecule has 7 heteroatoms. The van der Waals surface area contributed by atoms with Crippen LogP contribution in [0.25, 0.3) is 0 Å². The molecule has 26 heavy (non-hydrogen) atoms. The molecule has 1 atom stereocenters. The average Bonchev–Trinajstić information content (AvgIpc) is 2.61. The smallest absolute Gasteiger partial charge is 0.243 e. The molecule has 1 N–H and O–H groups in total. The number of likely N-dealkylation sites (tertiary alicyclic amines) is 1. The third-order valence-corrected chi connectivity index (χ3v) is 7.16. The van der Waals surface area contributed by atoms with Gasteiger partial charge in [-0.3, -0.25) is 9.69 Å². The van der Waals surface area contributed by atoms with Crippen LogP contribution < -0.4 is 5.32 Å². The number of piperidine rings is 1. The molecule has 146 valence electrons. The summed E-state index contributed by atoms with van der Waals surface area (Å²) in [5.74, 6) is -0.0553. The first-order valence-electron chi connectivity index (χ1n) is 9.37. The van der Waals surface area contributed by atoms with Crippen LogP contribution in [0, 0.1) is 0 Å². The SMILES string of the molecule is CCC1CCCCN1CC(=O)Nc1ccc(S(=O)(=O)N(C)C(C)C)cc1. The highest BCUT2D eigenvalue weighted by molar-refractivity contribution is 7.89. The van der Waals surface area contributed by atoms with Gasteiger partial charge in [0.15, 0.2) is 0 Å². The van der Waals surface area contributed by atoms with Crippen LogP contribution in [0.15, 0.2) is 29.2 Å². The van der Waals surface area contributed by atoms with Crippen molar-refractivity contribution in [3.05, 3.63) is 24.3 Å². The average molecular weight is 382 g/mol. The summed E-state index contributed by atoms with van der Waals surface area (Å²) in [6.45, 7) is 7.17. The fourth-order valence-corrected chi connectivity index (χ4v) is 4.64. The second-order valence-electron chi connectivity index (χ2n) is 7.22. The van der Waals surface area contributed by atoms with E-state index >= 15 is 0 Å². The van der Waals surface area contributed by atoms with E-state index in [4.69, 9.17) is 0 Å². The van der Waals surface area contributed by atoms with Crippen LogP contribution >= 0.6 is 0 Å². The summed E-state index contributed by atoms with van der Waals surface area (Å²) in [7, 11) is -1.94. The van der Waals surface area contributed by atoms with E-state index in [1.54, 1.807) is 31.3 Å². The Labute approximate surface area is 157 Å². The second-order valence-corrected chi connectivity index (χ2v) is 9.21. The first kappa shape index (κ1) is 20.9. The topological polar surface area (TPSA) is 69.7 Å². The summed E-state index contributed by atoms with van der Waals surface area (Å²) in [4.78, 5) is 14.8. The lowest BCUT2D eigenvalue weighted by Crippen LogP contribution is -2.43. The Balaban J connectivity index is 1.99. The van der Waals surface area contributed by atoms with E-state index in [2.05, 4.69) is 17.1 Å². The normalized spacial score (nSPS) is 19.1. The molecular formula is C19H31N3O3S. The highest BCUT2D eigenvalue weighted by atomic mass is 32.2. The zero-order valence-corrected chi connectivity index (χ0v) is 17.1. The van der Waals surface area contributed by atoms with Gasteiger partial charge in [-0.25, -0.2) is 8.42 Å². The zero-order chi connectivity index (χ0) is 19.3. The summed E-state index contributed by atoms with van der Waals surface area (Å²) < 4.78 is 26.3. The molecule has 1 aromatic rings. The number of anilines is 1. The molecule has 0 aromatic heterocycles. The van der Waals surface area contributed by atoms with Crippen LogP contribution in [0.3, 0.4) is 0 Å². The predicted molar refractivity (Wildman–Crippen MR) is 105 cm³/mol. The van der Waals surface area contributed by atoms with Gasteiger partial charge in [-0.15, -0.1) is 0 Å². The number of hydrogen-bond acceptors (Lipinski definition) is 4. The number of rotatable bonds is 7. The molecule has 1 aliphatic rings. The van der Waals surface area contributed by atoms with Crippen molar-refractivity contribution in [3.8, 4) is 0 Å². The van der Waals surface area contributed by atoms with Gasteiger partial charge in [-0.2, -0.15) is 4.31 Å². The molecule has 0 aliphatic carbocycles. The van der Waals surface area contributed by atoms with Gasteiger partial charge in [0.1, 0.15) is 0 Å². The Morgan fingerprint density at radius 3 is 2.50 bits per heavy atom. The standard InChI is InChI=1S/C19H31N3O3S/c1-5-17-8-6-7-13-22(17)14-19(23)20-16-9-11-18(12-10-16)26(24,25)21(4)15(2)3/h9-12,15,17H,5-8,13-14H2,1-4H3,(H,20,23). The third-order valence-electron chi connectivity index (χ3n) is 5.11. The van der Waals surface area contributed by atoms with Gasteiger partial charge in [-0.05, 0) is 63.9 Å². The number of nitrogens with zero attached hydrogens (tertiary/aromatic N) is 2. The lowest BCUT2D eigenvalue weighted by atomic mass is 10.0. The minimum Gasteiger partial charge on any atom is -0.325 e. The van der Waals surface area contributed by atoms with E-state index in [1.807, 2.05) is 13.8 Å². The number of hydrogen-bond donors (Lipinski definition) is 1. The van der Waals surface area contributed by atoms with Crippen LogP contribution in [0.5, 0.6) is 0 Å². The van der Waals surface area contributed by atoms with Gasteiger partial charge in [0.05, 0.1) is 11.4 Å². The van der Waals surface area contributed by atoms with Crippen molar-refractivity contribution >= 4 is 21.6 Å². The largest absolute Gasteiger partial charge is 0.325 e. The maximum atomic E-state index is 12.5. The van der Waals surface area contributed by atoms with Crippen LogP contribution in [0.1, 0.15) is 46.5 Å². The monoisotopic (exact) mass is 381 g/mol. The summed E-state index contributed by atoms with van der Waals surface area (Å²) >= 11 is 0. The van der Waals surface area contributed by atoms with E-state index < -0.39 is 10.0 Å². The molecule has 1 amide bonds. The number of nitrogens with one attached hydrogen (secondary N) is 1. The van der Waals surface area contributed by atoms with Crippen molar-refractivity contribution in [3.63, 3.8) is 0 Å². The van der Waals surface area contributed by atoms with E-state index in [9.17, 15) is 13.2 Å². The molecule has 1 aliphatic heterocycles. The van der Waals surface area contributed by atoms with Crippen molar-refractivity contribution in [1.82, 2.24) is 9.21 Å². The fourth-order valence-electron chi connectivity index (χ4n) is 3.27. The van der Waals surface area contributed by atoms with Crippen molar-refractivity contribution in [2.45, 2.75) is 63.4 Å². The van der Waals surface area contributed by atoms with Crippen molar-refractivity contribution in [1.29, 1.82) is 0 Å². The number of carbonyl (C=O) groups excluding carboxylic acids is 1. The molecule has 1 saturated heterocycles. The molecule has 0 spiro atoms. The minimum atomic E-state index is -3.50. The highest BCUT2D eigenvalue weighted by Crippen LogP contribution is 2.21. The van der Waals surface area contributed by atoms with Gasteiger partial charge in [-0.1, -0.05) is 13.3 Å². The molecular weight excluding hydrogens is 350 g/mol. The Kier molecular flexibility index (Phi) is 7.20. The highest BCUT2D eigenvalue weighted by Gasteiger charge is 2.24. The molecule has 2 rings (SSSR count). The molecule has 1 aromatic carbocycles. The zero-order valence-electron chi connectivity index (χ0n) is 16.2. The van der Waals surface area contributed by atoms with Gasteiger partial charge in [0.2, 0.25) is 15.9 Å². The number of amides is 1. The molecule has 6 nitrogen and oxygen atoms in total. The van der Waals surface area contributed by atoms with Crippen molar-refractivity contribution in [2.75, 3.05) is 25.5 Å². The predicted octanol–water partition coefficient (Wildman–Crippen LogP) is 2.92. The Morgan fingerprint density at radius 1 is 1.27 bits per heavy atom. The lowest BCUT2D eigenvalue weighted by Gasteiger charge is -2.34. The van der Waals surface area contributed by atoms with Crippen LogP contribution in [0.4, 0.5) is 5.69 Å². The van der Waals surface area contributed by atoms with Crippen LogP contribution in [-0.4, -0.2) is 55.8 Å². The van der Waals surface area contributed by atoms with E-state index in [-0.39, 0.29) is 16.8 Å². The van der Waals surface area contributed by atoms with Gasteiger partial charge >= 0.3 is 0 Å². The summed E-state index contributed by atoms with van der Waals surface area (Å²) in [6.07, 6.45) is 4.58. The van der Waals surface area contributed by atoms with Crippen LogP contribution in [0.2, 0.25) is 0 Å². The summed E-state index contributed by atoms with van der Waals surface area (Å²) in [6, 6.07) is 6.74. The van der Waals surface area contributed by atoms with Crippen LogP contribution in [-0.2, 0) is 14.8 Å². The Morgan fingerprint density at radius 2 is 1.92 bits per heavy atom. The first-order chi connectivity index (χ1) is 12.3. The quantitative estimate of drug-likeness (QED) is 0.788. The fraction of sp³-hybridized carbons (Fsp3) is 0.632. The van der Waals surface area contributed by atoms with Crippen molar-refractivity contribution in [2.24, 2.45) is 0 Å². The maximum Gasteiger partial charge on any atom is 0.243 e. The van der Waals surface area contributed by atoms with Gasteiger partial charge in [0, 0.05) is 24.8 Å². The number of carbonyl (C=O) groups is 1. The molecule has 0 radical (unpaired) electrons. The van der Waals surface area contributed by atoms with Gasteiger partial charge < -0.3 is 5.32 Å². The molecule has 1 fully saturated rings. The number of sulfonamides is 1. The van der Waals surface area contributed by atoms with E-state index in [0.29, 0.717) is 18.3 Å². The second kappa shape index (κ2) is 8.97. The Hall–Kier alpha value is -1.44. The van der Waals surface area contributed by atoms with Crippen molar-refractivity contribution < 1.29 is 13.2 Å². The van der Waals surface area contributed by atoms with E-state index in [1.165, 1.54) is 10.7 Å². The molecule has 0 bridgehead atoms. The molecule has 0 saturated carbocycles. The minimum absolute atomic E-state index is 0.0553. The lowest BCUT2D eigenvalue weighted by molar-refractivity contribution is -0.118. The molecule has 1 unspecified atom stereocenters. The van der Waals surface area contributed by atoms with Gasteiger partial charge in [0.25, 0.3) is 0 Å². The van der Waals surface area contributed by atoms with E-state index in [0.717, 1.165) is 25.8 Å². The Bertz CT molecular complexity index is 701. The summed E-state index contributed by atoms with van der Waals surface area (Å²) in [5.41, 5.74) is 0.617. The summed E-state index contributed by atoms with van der Waals surface area (Å²) in [5, 5.41) is 2.88. The molecule has 1 heterocycles. The third kappa shape index (κ3) is 5.05. The maximum absolute atomic E-state index is 12.5.